The van der Waals surface area contributed by atoms with E-state index in [1.165, 1.54) is 17.3 Å². The average molecular weight is 430 g/mol. The molecule has 0 saturated carbocycles. The molecule has 1 amide bonds. The number of ether oxygens (including phenoxy) is 1. The molecule has 1 unspecified atom stereocenters. The van der Waals surface area contributed by atoms with Gasteiger partial charge in [0.1, 0.15) is 16.8 Å². The van der Waals surface area contributed by atoms with Crippen LogP contribution in [0.15, 0.2) is 65.7 Å². The zero-order valence-corrected chi connectivity index (χ0v) is 18.4. The molecule has 5 nitrogen and oxygen atoms in total. The second-order valence-electron chi connectivity index (χ2n) is 7.27. The van der Waals surface area contributed by atoms with Gasteiger partial charge in [-0.05, 0) is 60.9 Å². The van der Waals surface area contributed by atoms with Crippen LogP contribution in [0.25, 0.3) is 11.3 Å². The van der Waals surface area contributed by atoms with Gasteiger partial charge in [0.15, 0.2) is 0 Å². The van der Waals surface area contributed by atoms with Gasteiger partial charge in [-0.2, -0.15) is 5.26 Å². The quantitative estimate of drug-likeness (QED) is 0.511. The maximum Gasteiger partial charge on any atom is 0.240 e. The van der Waals surface area contributed by atoms with Crippen molar-refractivity contribution in [1.82, 2.24) is 4.98 Å². The maximum absolute atomic E-state index is 13.3. The van der Waals surface area contributed by atoms with Gasteiger partial charge in [0.2, 0.25) is 5.91 Å². The summed E-state index contributed by atoms with van der Waals surface area (Å²) in [5.74, 6) is 0.840. The standard InChI is InChI=1S/C25H23N3O2S/c1-3-23(25(29)28-15-14-18-6-4-5-7-22(18)28)31-24-19(16-26)10-13-21(27-24)17-8-11-20(30-2)12-9-17/h4-13,23H,3,14-15H2,1-2H3. The normalized spacial score (nSPS) is 13.4. The number of carbonyl (C=O) groups excluding carboxylic acids is 1. The number of rotatable bonds is 6. The zero-order valence-electron chi connectivity index (χ0n) is 17.5. The third kappa shape index (κ3) is 4.28. The molecular formula is C25H23N3O2S. The number of hydrogen-bond donors (Lipinski definition) is 0. The lowest BCUT2D eigenvalue weighted by Gasteiger charge is -2.23. The van der Waals surface area contributed by atoms with Gasteiger partial charge in [-0.1, -0.05) is 36.9 Å². The van der Waals surface area contributed by atoms with Crippen molar-refractivity contribution in [3.8, 4) is 23.1 Å². The van der Waals surface area contributed by atoms with Gasteiger partial charge in [0.05, 0.1) is 23.6 Å². The molecule has 6 heteroatoms. The highest BCUT2D eigenvalue weighted by Gasteiger charge is 2.30. The number of para-hydroxylation sites is 1. The average Bonchev–Trinajstić information content (AvgIpc) is 3.26. The van der Waals surface area contributed by atoms with E-state index in [1.807, 2.05) is 60.4 Å². The molecule has 1 aliphatic heterocycles. The molecule has 0 bridgehead atoms. The molecular weight excluding hydrogens is 406 g/mol. The number of fused-ring (bicyclic) bond motifs is 1. The summed E-state index contributed by atoms with van der Waals surface area (Å²) < 4.78 is 5.22. The first-order valence-electron chi connectivity index (χ1n) is 10.3. The van der Waals surface area contributed by atoms with Crippen LogP contribution in [0.5, 0.6) is 5.75 Å². The summed E-state index contributed by atoms with van der Waals surface area (Å²) in [6.07, 6.45) is 1.53. The molecule has 3 aromatic rings. The second-order valence-corrected chi connectivity index (χ2v) is 8.46. The molecule has 0 spiro atoms. The smallest absolute Gasteiger partial charge is 0.240 e. The van der Waals surface area contributed by atoms with Gasteiger partial charge in [0.25, 0.3) is 0 Å². The highest BCUT2D eigenvalue weighted by Crippen LogP contribution is 2.34. The minimum absolute atomic E-state index is 0.0676. The summed E-state index contributed by atoms with van der Waals surface area (Å²) in [7, 11) is 1.63. The third-order valence-corrected chi connectivity index (χ3v) is 6.77. The van der Waals surface area contributed by atoms with Crippen molar-refractivity contribution in [3.05, 3.63) is 71.8 Å². The molecule has 1 atom stereocenters. The molecule has 31 heavy (non-hydrogen) atoms. The Balaban J connectivity index is 1.60. The van der Waals surface area contributed by atoms with Crippen molar-refractivity contribution in [3.63, 3.8) is 0 Å². The van der Waals surface area contributed by atoms with Crippen LogP contribution in [-0.2, 0) is 11.2 Å². The summed E-state index contributed by atoms with van der Waals surface area (Å²) in [6, 6.07) is 21.5. The molecule has 0 aliphatic carbocycles. The molecule has 0 N–H and O–H groups in total. The molecule has 0 saturated heterocycles. The minimum atomic E-state index is -0.308. The number of pyridine rings is 1. The first-order chi connectivity index (χ1) is 15.1. The summed E-state index contributed by atoms with van der Waals surface area (Å²) in [6.45, 7) is 2.69. The van der Waals surface area contributed by atoms with Crippen LogP contribution in [0.4, 0.5) is 5.69 Å². The Morgan fingerprint density at radius 1 is 1.19 bits per heavy atom. The first kappa shape index (κ1) is 21.0. The maximum atomic E-state index is 13.3. The Bertz CT molecular complexity index is 1140. The van der Waals surface area contributed by atoms with E-state index < -0.39 is 0 Å². The number of methoxy groups -OCH3 is 1. The molecule has 2 aromatic carbocycles. The number of nitriles is 1. The molecule has 1 aromatic heterocycles. The van der Waals surface area contributed by atoms with Crippen LogP contribution < -0.4 is 9.64 Å². The van der Waals surface area contributed by atoms with E-state index in [-0.39, 0.29) is 11.2 Å². The number of anilines is 1. The fourth-order valence-electron chi connectivity index (χ4n) is 3.72. The highest BCUT2D eigenvalue weighted by molar-refractivity contribution is 8.00. The van der Waals surface area contributed by atoms with Crippen LogP contribution in [0.2, 0.25) is 0 Å². The van der Waals surface area contributed by atoms with Gasteiger partial charge in [-0.3, -0.25) is 4.79 Å². The number of nitrogens with zero attached hydrogens (tertiary/aromatic N) is 3. The second kappa shape index (κ2) is 9.23. The number of benzene rings is 2. The summed E-state index contributed by atoms with van der Waals surface area (Å²) in [5.41, 5.74) is 4.37. The van der Waals surface area contributed by atoms with E-state index in [0.29, 0.717) is 23.6 Å². The van der Waals surface area contributed by atoms with E-state index in [9.17, 15) is 10.1 Å². The summed E-state index contributed by atoms with van der Waals surface area (Å²) in [5, 5.41) is 9.88. The molecule has 0 radical (unpaired) electrons. The Morgan fingerprint density at radius 2 is 1.97 bits per heavy atom. The van der Waals surface area contributed by atoms with E-state index in [2.05, 4.69) is 12.1 Å². The topological polar surface area (TPSA) is 66.2 Å². The van der Waals surface area contributed by atoms with Crippen LogP contribution in [-0.4, -0.2) is 29.8 Å². The number of carbonyl (C=O) groups is 1. The first-order valence-corrected chi connectivity index (χ1v) is 11.1. The van der Waals surface area contributed by atoms with E-state index >= 15 is 0 Å². The summed E-state index contributed by atoms with van der Waals surface area (Å²) >= 11 is 1.38. The van der Waals surface area contributed by atoms with Crippen LogP contribution in [0, 0.1) is 11.3 Å². The predicted molar refractivity (Wildman–Crippen MR) is 123 cm³/mol. The molecule has 0 fully saturated rings. The Kier molecular flexibility index (Phi) is 6.24. The third-order valence-electron chi connectivity index (χ3n) is 5.42. The van der Waals surface area contributed by atoms with Crippen molar-refractivity contribution in [2.24, 2.45) is 0 Å². The van der Waals surface area contributed by atoms with Crippen molar-refractivity contribution in [1.29, 1.82) is 5.26 Å². The van der Waals surface area contributed by atoms with Gasteiger partial charge in [-0.25, -0.2) is 4.98 Å². The number of thioether (sulfide) groups is 1. The Labute approximate surface area is 186 Å². The van der Waals surface area contributed by atoms with E-state index in [0.717, 1.165) is 29.1 Å². The van der Waals surface area contributed by atoms with E-state index in [1.54, 1.807) is 13.2 Å². The number of aromatic nitrogens is 1. The largest absolute Gasteiger partial charge is 0.497 e. The highest BCUT2D eigenvalue weighted by atomic mass is 32.2. The monoisotopic (exact) mass is 429 g/mol. The molecule has 156 valence electrons. The lowest BCUT2D eigenvalue weighted by atomic mass is 10.1. The minimum Gasteiger partial charge on any atom is -0.497 e. The van der Waals surface area contributed by atoms with Gasteiger partial charge >= 0.3 is 0 Å². The predicted octanol–water partition coefficient (Wildman–Crippen LogP) is 5.09. The van der Waals surface area contributed by atoms with Gasteiger partial charge in [0, 0.05) is 17.8 Å². The van der Waals surface area contributed by atoms with Crippen LogP contribution in [0.1, 0.15) is 24.5 Å². The Morgan fingerprint density at radius 3 is 2.68 bits per heavy atom. The molecule has 2 heterocycles. The van der Waals surface area contributed by atoms with Gasteiger partial charge in [-0.15, -0.1) is 0 Å². The van der Waals surface area contributed by atoms with Crippen molar-refractivity contribution in [2.75, 3.05) is 18.6 Å². The van der Waals surface area contributed by atoms with Crippen LogP contribution in [0.3, 0.4) is 0 Å². The van der Waals surface area contributed by atoms with Crippen LogP contribution >= 0.6 is 11.8 Å². The summed E-state index contributed by atoms with van der Waals surface area (Å²) in [4.78, 5) is 20.0. The number of amides is 1. The lowest BCUT2D eigenvalue weighted by Crippen LogP contribution is -2.36. The molecule has 1 aliphatic rings. The Hall–Kier alpha value is -3.30. The SMILES string of the molecule is CCC(Sc1nc(-c2ccc(OC)cc2)ccc1C#N)C(=O)N1CCc2ccccc21. The van der Waals surface area contributed by atoms with E-state index in [4.69, 9.17) is 9.72 Å². The van der Waals surface area contributed by atoms with Crippen molar-refractivity contribution >= 4 is 23.4 Å². The van der Waals surface area contributed by atoms with Crippen molar-refractivity contribution in [2.45, 2.75) is 30.0 Å². The lowest BCUT2D eigenvalue weighted by molar-refractivity contribution is -0.118. The fraction of sp³-hybridized carbons (Fsp3) is 0.240. The fourth-order valence-corrected chi connectivity index (χ4v) is 4.78. The van der Waals surface area contributed by atoms with Gasteiger partial charge < -0.3 is 9.64 Å². The molecule has 4 rings (SSSR count). The van der Waals surface area contributed by atoms with Crippen molar-refractivity contribution < 1.29 is 9.53 Å². The number of hydrogen-bond acceptors (Lipinski definition) is 5. The zero-order chi connectivity index (χ0) is 21.8.